The van der Waals surface area contributed by atoms with Crippen molar-refractivity contribution in [3.05, 3.63) is 52.5 Å². The predicted octanol–water partition coefficient (Wildman–Crippen LogP) is 2.70. The standard InChI is InChI=1S/C20H18ClF3N6O3/c1-19(9-25,27-18(26)11-2-4-13(5-3-11)33-20(22,23)24)10-30-28-15-7-12(21)6-14(16(32)8-31)17(15)29-30/h2-7,16,31-32H,8,10H2,1H3,(H2,26,27). The van der Waals surface area contributed by atoms with Crippen LogP contribution in [0.2, 0.25) is 5.02 Å². The normalized spacial score (nSPS) is 15.2. The number of hydrogen-bond acceptors (Lipinski definition) is 7. The summed E-state index contributed by atoms with van der Waals surface area (Å²) in [5.74, 6) is -0.511. The summed E-state index contributed by atoms with van der Waals surface area (Å²) in [7, 11) is 0. The first-order valence-electron chi connectivity index (χ1n) is 9.39. The summed E-state index contributed by atoms with van der Waals surface area (Å²) in [6.07, 6.45) is -6.05. The molecule has 0 spiro atoms. The van der Waals surface area contributed by atoms with Crippen LogP contribution in [0.3, 0.4) is 0 Å². The van der Waals surface area contributed by atoms with Gasteiger partial charge in [0.2, 0.25) is 0 Å². The van der Waals surface area contributed by atoms with Crippen LogP contribution in [0.25, 0.3) is 11.0 Å². The Hall–Kier alpha value is -3.40. The fraction of sp³-hybridized carbons (Fsp3) is 0.300. The van der Waals surface area contributed by atoms with Gasteiger partial charge in [0.1, 0.15) is 28.7 Å². The van der Waals surface area contributed by atoms with Crippen molar-refractivity contribution < 1.29 is 28.1 Å². The number of rotatable bonds is 7. The quantitative estimate of drug-likeness (QED) is 0.347. The minimum absolute atomic E-state index is 0.0891. The second kappa shape index (κ2) is 9.22. The second-order valence-electron chi connectivity index (χ2n) is 7.25. The van der Waals surface area contributed by atoms with Crippen molar-refractivity contribution in [2.75, 3.05) is 6.61 Å². The van der Waals surface area contributed by atoms with Crippen molar-refractivity contribution in [2.45, 2.75) is 31.5 Å². The van der Waals surface area contributed by atoms with Gasteiger partial charge in [0.05, 0.1) is 19.2 Å². The average molecular weight is 483 g/mol. The molecule has 0 saturated heterocycles. The van der Waals surface area contributed by atoms with Gasteiger partial charge in [0.25, 0.3) is 0 Å². The Morgan fingerprint density at radius 1 is 1.30 bits per heavy atom. The zero-order valence-electron chi connectivity index (χ0n) is 17.1. The molecule has 0 aliphatic carbocycles. The molecule has 1 heterocycles. The van der Waals surface area contributed by atoms with E-state index in [1.54, 1.807) is 0 Å². The van der Waals surface area contributed by atoms with Crippen molar-refractivity contribution in [3.63, 3.8) is 0 Å². The molecule has 1 aromatic heterocycles. The number of nitrogens with zero attached hydrogens (tertiary/aromatic N) is 5. The minimum Gasteiger partial charge on any atom is -0.406 e. The summed E-state index contributed by atoms with van der Waals surface area (Å²) in [5.41, 5.74) is 5.71. The lowest BCUT2D eigenvalue weighted by molar-refractivity contribution is -0.274. The summed E-state index contributed by atoms with van der Waals surface area (Å²) >= 11 is 6.05. The molecule has 0 amide bonds. The van der Waals surface area contributed by atoms with Crippen molar-refractivity contribution >= 4 is 28.5 Å². The van der Waals surface area contributed by atoms with Gasteiger partial charge < -0.3 is 20.7 Å². The molecule has 2 unspecified atom stereocenters. The van der Waals surface area contributed by atoms with Gasteiger partial charge in [0, 0.05) is 16.1 Å². The number of alkyl halides is 3. The van der Waals surface area contributed by atoms with Crippen LogP contribution in [0.1, 0.15) is 24.2 Å². The van der Waals surface area contributed by atoms with Gasteiger partial charge in [-0.25, -0.2) is 4.99 Å². The number of fused-ring (bicyclic) bond motifs is 1. The SMILES string of the molecule is CC(C#N)(Cn1nc2cc(Cl)cc(C(O)CO)c2n1)N=C(N)c1ccc(OC(F)(F)F)cc1. The van der Waals surface area contributed by atoms with E-state index in [1.807, 2.05) is 6.07 Å². The van der Waals surface area contributed by atoms with E-state index in [1.165, 1.54) is 36.0 Å². The molecule has 9 nitrogen and oxygen atoms in total. The van der Waals surface area contributed by atoms with E-state index < -0.39 is 30.4 Å². The first-order valence-corrected chi connectivity index (χ1v) is 9.77. The van der Waals surface area contributed by atoms with Crippen molar-refractivity contribution in [3.8, 4) is 11.8 Å². The maximum absolute atomic E-state index is 12.3. The van der Waals surface area contributed by atoms with Crippen molar-refractivity contribution in [1.29, 1.82) is 5.26 Å². The van der Waals surface area contributed by atoms with Gasteiger partial charge in [-0.05, 0) is 43.3 Å². The van der Waals surface area contributed by atoms with Gasteiger partial charge in [-0.1, -0.05) is 11.6 Å². The fourth-order valence-electron chi connectivity index (χ4n) is 3.00. The summed E-state index contributed by atoms with van der Waals surface area (Å²) in [6.45, 7) is 0.789. The van der Waals surface area contributed by atoms with E-state index in [2.05, 4.69) is 19.9 Å². The topological polar surface area (TPSA) is 143 Å². The number of halogens is 4. The number of amidine groups is 1. The zero-order valence-corrected chi connectivity index (χ0v) is 17.8. The van der Waals surface area contributed by atoms with E-state index >= 15 is 0 Å². The Balaban J connectivity index is 1.88. The zero-order chi connectivity index (χ0) is 24.4. The molecular weight excluding hydrogens is 465 g/mol. The maximum Gasteiger partial charge on any atom is 0.573 e. The van der Waals surface area contributed by atoms with Crippen LogP contribution < -0.4 is 10.5 Å². The highest BCUT2D eigenvalue weighted by atomic mass is 35.5. The Bertz CT molecular complexity index is 1220. The molecule has 13 heteroatoms. The highest BCUT2D eigenvalue weighted by Crippen LogP contribution is 2.27. The van der Waals surface area contributed by atoms with Gasteiger partial charge in [-0.3, -0.25) is 0 Å². The van der Waals surface area contributed by atoms with E-state index in [0.717, 1.165) is 12.1 Å². The lowest BCUT2D eigenvalue weighted by Gasteiger charge is -2.17. The number of aliphatic hydroxyl groups excluding tert-OH is 2. The Kier molecular flexibility index (Phi) is 6.78. The van der Waals surface area contributed by atoms with Gasteiger partial charge >= 0.3 is 6.36 Å². The number of aromatic nitrogens is 3. The molecule has 0 saturated carbocycles. The van der Waals surface area contributed by atoms with E-state index in [-0.39, 0.29) is 28.5 Å². The summed E-state index contributed by atoms with van der Waals surface area (Å²) in [5, 5.41) is 37.8. The molecule has 0 aliphatic rings. The molecule has 3 rings (SSSR count). The van der Waals surface area contributed by atoms with E-state index in [9.17, 15) is 28.6 Å². The monoisotopic (exact) mass is 482 g/mol. The summed E-state index contributed by atoms with van der Waals surface area (Å²) in [6, 6.07) is 9.70. The predicted molar refractivity (Wildman–Crippen MR) is 112 cm³/mol. The number of aliphatic hydroxyl groups is 2. The van der Waals surface area contributed by atoms with Gasteiger partial charge in [-0.2, -0.15) is 20.3 Å². The lowest BCUT2D eigenvalue weighted by atomic mass is 10.1. The Labute approximate surface area is 190 Å². The molecule has 0 radical (unpaired) electrons. The number of nitrogens with two attached hydrogens (primary N) is 1. The fourth-order valence-corrected chi connectivity index (χ4v) is 3.23. The highest BCUT2D eigenvalue weighted by Gasteiger charge is 2.31. The Morgan fingerprint density at radius 2 is 1.97 bits per heavy atom. The first kappa shape index (κ1) is 24.2. The number of ether oxygens (including phenoxy) is 1. The molecule has 3 aromatic rings. The summed E-state index contributed by atoms with van der Waals surface area (Å²) in [4.78, 5) is 5.40. The Morgan fingerprint density at radius 3 is 2.55 bits per heavy atom. The van der Waals surface area contributed by atoms with Crippen LogP contribution in [0, 0.1) is 11.3 Å². The number of hydrogen-bond donors (Lipinski definition) is 3. The third-order valence-electron chi connectivity index (χ3n) is 4.50. The van der Waals surface area contributed by atoms with Crippen molar-refractivity contribution in [1.82, 2.24) is 15.0 Å². The van der Waals surface area contributed by atoms with Crippen LogP contribution >= 0.6 is 11.6 Å². The van der Waals surface area contributed by atoms with Crippen LogP contribution in [-0.2, 0) is 6.54 Å². The largest absolute Gasteiger partial charge is 0.573 e. The number of aliphatic imine (C=N–C) groups is 1. The third-order valence-corrected chi connectivity index (χ3v) is 4.71. The number of nitriles is 1. The minimum atomic E-state index is -4.82. The van der Waals surface area contributed by atoms with Crippen LogP contribution in [-0.4, -0.2) is 49.6 Å². The van der Waals surface area contributed by atoms with E-state index in [4.69, 9.17) is 17.3 Å². The molecule has 0 aliphatic heterocycles. The van der Waals surface area contributed by atoms with Crippen LogP contribution in [0.4, 0.5) is 13.2 Å². The smallest absolute Gasteiger partial charge is 0.406 e. The molecule has 174 valence electrons. The highest BCUT2D eigenvalue weighted by molar-refractivity contribution is 6.31. The lowest BCUT2D eigenvalue weighted by Crippen LogP contribution is -2.31. The molecule has 2 atom stereocenters. The summed E-state index contributed by atoms with van der Waals surface area (Å²) < 4.78 is 40.7. The molecule has 0 bridgehead atoms. The van der Waals surface area contributed by atoms with Gasteiger partial charge in [-0.15, -0.1) is 13.2 Å². The average Bonchev–Trinajstić information content (AvgIpc) is 3.13. The third kappa shape index (κ3) is 5.89. The molecule has 33 heavy (non-hydrogen) atoms. The van der Waals surface area contributed by atoms with Gasteiger partial charge in [0.15, 0.2) is 5.54 Å². The van der Waals surface area contributed by atoms with Crippen molar-refractivity contribution in [2.24, 2.45) is 10.7 Å². The maximum atomic E-state index is 12.3. The molecule has 4 N–H and O–H groups in total. The first-order chi connectivity index (χ1) is 15.4. The molecule has 0 fully saturated rings. The van der Waals surface area contributed by atoms with Crippen LogP contribution in [0.15, 0.2) is 41.4 Å². The van der Waals surface area contributed by atoms with E-state index in [0.29, 0.717) is 11.0 Å². The second-order valence-corrected chi connectivity index (χ2v) is 7.68. The number of benzene rings is 2. The molecule has 2 aromatic carbocycles. The molecular formula is C20H18ClF3N6O3. The van der Waals surface area contributed by atoms with Crippen LogP contribution in [0.5, 0.6) is 5.75 Å².